The summed E-state index contributed by atoms with van der Waals surface area (Å²) in [4.78, 5) is 0. The van der Waals surface area contributed by atoms with Crippen LogP contribution in [-0.4, -0.2) is 0 Å². The fourth-order valence-corrected chi connectivity index (χ4v) is 3.57. The largest absolute Gasteiger partial charge is 0.206 e. The summed E-state index contributed by atoms with van der Waals surface area (Å²) in [7, 11) is 0. The van der Waals surface area contributed by atoms with Gasteiger partial charge in [-0.1, -0.05) is 68.7 Å². The molecule has 0 bridgehead atoms. The van der Waals surface area contributed by atoms with E-state index in [1.165, 1.54) is 32.1 Å². The van der Waals surface area contributed by atoms with E-state index in [2.05, 4.69) is 13.0 Å². The first-order valence-corrected chi connectivity index (χ1v) is 8.10. The van der Waals surface area contributed by atoms with Crippen molar-refractivity contribution in [2.45, 2.75) is 44.9 Å². The molecular weight excluding hydrogens is 259 g/mol. The molecule has 21 heavy (non-hydrogen) atoms. The lowest BCUT2D eigenvalue weighted by molar-refractivity contribution is 0.315. The summed E-state index contributed by atoms with van der Waals surface area (Å²) in [5.41, 5.74) is 2.81. The lowest BCUT2D eigenvalue weighted by Crippen LogP contribution is -2.14. The number of hydrogen-bond acceptors (Lipinski definition) is 0. The van der Waals surface area contributed by atoms with Gasteiger partial charge in [-0.3, -0.25) is 0 Å². The van der Waals surface area contributed by atoms with Gasteiger partial charge in [-0.25, -0.2) is 4.39 Å². The van der Waals surface area contributed by atoms with Gasteiger partial charge in [0.15, 0.2) is 0 Å². The van der Waals surface area contributed by atoms with Gasteiger partial charge in [0.05, 0.1) is 0 Å². The fourth-order valence-electron chi connectivity index (χ4n) is 3.57. The highest BCUT2D eigenvalue weighted by Gasteiger charge is 2.22. The number of hydrogen-bond donors (Lipinski definition) is 0. The average molecular weight is 282 g/mol. The smallest absolute Gasteiger partial charge is 0.131 e. The Morgan fingerprint density at radius 2 is 1.67 bits per heavy atom. The normalized spacial score (nSPS) is 17.6. The molecule has 0 saturated heterocycles. The molecule has 1 saturated carbocycles. The molecule has 0 N–H and O–H groups in total. The first-order chi connectivity index (χ1) is 10.3. The van der Waals surface area contributed by atoms with Gasteiger partial charge in [-0.15, -0.1) is 0 Å². The van der Waals surface area contributed by atoms with Crippen LogP contribution in [-0.2, 0) is 0 Å². The van der Waals surface area contributed by atoms with Gasteiger partial charge in [-0.05, 0) is 41.9 Å². The average Bonchev–Trinajstić information content (AvgIpc) is 2.55. The van der Waals surface area contributed by atoms with E-state index in [4.69, 9.17) is 0 Å². The molecule has 1 aliphatic carbocycles. The second-order valence-electron chi connectivity index (χ2n) is 6.29. The van der Waals surface area contributed by atoms with Gasteiger partial charge in [0, 0.05) is 5.56 Å². The van der Waals surface area contributed by atoms with Crippen LogP contribution in [0.3, 0.4) is 0 Å². The van der Waals surface area contributed by atoms with Gasteiger partial charge in [0.2, 0.25) is 0 Å². The fraction of sp³-hybridized carbons (Fsp3) is 0.400. The van der Waals surface area contributed by atoms with Crippen molar-refractivity contribution in [3.63, 3.8) is 0 Å². The van der Waals surface area contributed by atoms with E-state index in [-0.39, 0.29) is 5.82 Å². The van der Waals surface area contributed by atoms with Crippen LogP contribution in [0.2, 0.25) is 0 Å². The topological polar surface area (TPSA) is 0 Å². The zero-order valence-corrected chi connectivity index (χ0v) is 12.7. The third-order valence-corrected chi connectivity index (χ3v) is 4.96. The van der Waals surface area contributed by atoms with Crippen molar-refractivity contribution in [3.05, 3.63) is 59.9 Å². The van der Waals surface area contributed by atoms with E-state index in [1.54, 1.807) is 6.07 Å². The molecule has 0 aromatic heterocycles. The zero-order valence-electron chi connectivity index (χ0n) is 12.7. The lowest BCUT2D eigenvalue weighted by atomic mass is 9.77. The van der Waals surface area contributed by atoms with E-state index in [0.717, 1.165) is 17.0 Å². The van der Waals surface area contributed by atoms with Crippen LogP contribution < -0.4 is 0 Å². The number of halogens is 1. The SMILES string of the molecule is CC(c1ccc(-c2ccccc2)c(F)c1)C1CCCCC1. The van der Waals surface area contributed by atoms with E-state index >= 15 is 0 Å². The zero-order chi connectivity index (χ0) is 14.7. The predicted molar refractivity (Wildman–Crippen MR) is 86.8 cm³/mol. The highest BCUT2D eigenvalue weighted by Crippen LogP contribution is 2.36. The summed E-state index contributed by atoms with van der Waals surface area (Å²) in [5.74, 6) is 1.09. The van der Waals surface area contributed by atoms with Gasteiger partial charge in [-0.2, -0.15) is 0 Å². The first kappa shape index (κ1) is 14.3. The second-order valence-corrected chi connectivity index (χ2v) is 6.29. The molecule has 3 rings (SSSR count). The summed E-state index contributed by atoms with van der Waals surface area (Å²) in [6.45, 7) is 2.26. The lowest BCUT2D eigenvalue weighted by Gasteiger charge is -2.28. The van der Waals surface area contributed by atoms with Crippen molar-refractivity contribution in [2.75, 3.05) is 0 Å². The van der Waals surface area contributed by atoms with Crippen molar-refractivity contribution >= 4 is 0 Å². The minimum Gasteiger partial charge on any atom is -0.206 e. The molecule has 0 nitrogen and oxygen atoms in total. The summed E-state index contributed by atoms with van der Waals surface area (Å²) in [5, 5.41) is 0. The molecule has 1 atom stereocenters. The van der Waals surface area contributed by atoms with E-state index in [9.17, 15) is 4.39 Å². The predicted octanol–water partition coefficient (Wildman–Crippen LogP) is 6.18. The molecule has 0 radical (unpaired) electrons. The van der Waals surface area contributed by atoms with Crippen LogP contribution in [0, 0.1) is 11.7 Å². The van der Waals surface area contributed by atoms with Crippen molar-refractivity contribution in [2.24, 2.45) is 5.92 Å². The first-order valence-electron chi connectivity index (χ1n) is 8.10. The van der Waals surface area contributed by atoms with Crippen molar-refractivity contribution in [3.8, 4) is 11.1 Å². The summed E-state index contributed by atoms with van der Waals surface area (Å²) in [6, 6.07) is 15.6. The Kier molecular flexibility index (Phi) is 4.38. The molecular formula is C20H23F. The maximum absolute atomic E-state index is 14.5. The Morgan fingerprint density at radius 1 is 0.952 bits per heavy atom. The molecule has 0 amide bonds. The van der Waals surface area contributed by atoms with Crippen molar-refractivity contribution in [1.29, 1.82) is 0 Å². The number of rotatable bonds is 3. The molecule has 0 aliphatic heterocycles. The Labute approximate surface area is 127 Å². The van der Waals surface area contributed by atoms with Crippen molar-refractivity contribution < 1.29 is 4.39 Å². The van der Waals surface area contributed by atoms with Crippen LogP contribution in [0.15, 0.2) is 48.5 Å². The van der Waals surface area contributed by atoms with Gasteiger partial charge in [0.1, 0.15) is 5.82 Å². The van der Waals surface area contributed by atoms with Crippen LogP contribution >= 0.6 is 0 Å². The van der Waals surface area contributed by atoms with Crippen LogP contribution in [0.1, 0.15) is 50.5 Å². The standard InChI is InChI=1S/C20H23F/c1-15(16-8-4-2-5-9-16)18-12-13-19(20(21)14-18)17-10-6-3-7-11-17/h3,6-7,10-16H,2,4-5,8-9H2,1H3. The Hall–Kier alpha value is -1.63. The quantitative estimate of drug-likeness (QED) is 0.631. The highest BCUT2D eigenvalue weighted by molar-refractivity contribution is 5.64. The summed E-state index contributed by atoms with van der Waals surface area (Å²) < 4.78 is 14.5. The molecule has 0 spiro atoms. The monoisotopic (exact) mass is 282 g/mol. The minimum atomic E-state index is -0.0960. The Morgan fingerprint density at radius 3 is 2.33 bits per heavy atom. The van der Waals surface area contributed by atoms with Gasteiger partial charge in [0.25, 0.3) is 0 Å². The van der Waals surface area contributed by atoms with Gasteiger partial charge >= 0.3 is 0 Å². The molecule has 1 unspecified atom stereocenters. The molecule has 1 fully saturated rings. The van der Waals surface area contributed by atoms with E-state index in [1.807, 2.05) is 36.4 Å². The summed E-state index contributed by atoms with van der Waals surface area (Å²) >= 11 is 0. The third-order valence-electron chi connectivity index (χ3n) is 4.96. The molecule has 2 aromatic carbocycles. The summed E-state index contributed by atoms with van der Waals surface area (Å²) in [6.07, 6.45) is 6.62. The van der Waals surface area contributed by atoms with Crippen LogP contribution in [0.5, 0.6) is 0 Å². The Bertz CT molecular complexity index is 582. The molecule has 2 aromatic rings. The van der Waals surface area contributed by atoms with E-state index in [0.29, 0.717) is 11.5 Å². The number of benzene rings is 2. The highest BCUT2D eigenvalue weighted by atomic mass is 19.1. The van der Waals surface area contributed by atoms with Crippen LogP contribution in [0.4, 0.5) is 4.39 Å². The van der Waals surface area contributed by atoms with Crippen LogP contribution in [0.25, 0.3) is 11.1 Å². The maximum Gasteiger partial charge on any atom is 0.131 e. The van der Waals surface area contributed by atoms with Gasteiger partial charge < -0.3 is 0 Å². The second kappa shape index (κ2) is 6.43. The minimum absolute atomic E-state index is 0.0960. The third kappa shape index (κ3) is 3.18. The van der Waals surface area contributed by atoms with E-state index < -0.39 is 0 Å². The van der Waals surface area contributed by atoms with Crippen molar-refractivity contribution in [1.82, 2.24) is 0 Å². The Balaban J connectivity index is 1.84. The maximum atomic E-state index is 14.5. The molecule has 0 heterocycles. The molecule has 110 valence electrons. The molecule has 1 heteroatoms. The molecule has 1 aliphatic rings.